The zero-order valence-electron chi connectivity index (χ0n) is 13.0. The van der Waals surface area contributed by atoms with Crippen LogP contribution in [-0.2, 0) is 4.79 Å². The van der Waals surface area contributed by atoms with Gasteiger partial charge >= 0.3 is 0 Å². The van der Waals surface area contributed by atoms with Crippen molar-refractivity contribution in [3.05, 3.63) is 5.82 Å². The SMILES string of the molecule is Cc1nc(N(C)C)nc(N2CCCC2C2CCCC2=O)n1. The van der Waals surface area contributed by atoms with Gasteiger partial charge in [0, 0.05) is 39.0 Å². The fourth-order valence-corrected chi connectivity index (χ4v) is 3.49. The third-order valence-corrected chi connectivity index (χ3v) is 4.50. The van der Waals surface area contributed by atoms with Crippen LogP contribution in [0.2, 0.25) is 0 Å². The third kappa shape index (κ3) is 2.71. The van der Waals surface area contributed by atoms with Gasteiger partial charge in [-0.1, -0.05) is 0 Å². The number of ketones is 1. The highest BCUT2D eigenvalue weighted by atomic mass is 16.1. The first-order chi connectivity index (χ1) is 10.1. The van der Waals surface area contributed by atoms with Crippen molar-refractivity contribution < 1.29 is 4.79 Å². The maximum atomic E-state index is 12.1. The van der Waals surface area contributed by atoms with Gasteiger partial charge in [-0.25, -0.2) is 0 Å². The Balaban J connectivity index is 1.89. The van der Waals surface area contributed by atoms with E-state index < -0.39 is 0 Å². The second-order valence-electron chi connectivity index (χ2n) is 6.25. The van der Waals surface area contributed by atoms with Crippen LogP contribution in [0.4, 0.5) is 11.9 Å². The van der Waals surface area contributed by atoms with Crippen LogP contribution in [0, 0.1) is 12.8 Å². The minimum Gasteiger partial charge on any atom is -0.347 e. The Kier molecular flexibility index (Phi) is 3.78. The minimum absolute atomic E-state index is 0.173. The summed E-state index contributed by atoms with van der Waals surface area (Å²) >= 11 is 0. The lowest BCUT2D eigenvalue weighted by molar-refractivity contribution is -0.121. The minimum atomic E-state index is 0.173. The molecule has 6 nitrogen and oxygen atoms in total. The molecule has 6 heteroatoms. The van der Waals surface area contributed by atoms with E-state index in [4.69, 9.17) is 0 Å². The molecule has 2 aliphatic rings. The molecule has 0 aromatic carbocycles. The van der Waals surface area contributed by atoms with Gasteiger partial charge in [-0.2, -0.15) is 15.0 Å². The molecule has 2 atom stereocenters. The van der Waals surface area contributed by atoms with Crippen LogP contribution in [0.3, 0.4) is 0 Å². The van der Waals surface area contributed by atoms with Crippen LogP contribution in [0.25, 0.3) is 0 Å². The summed E-state index contributed by atoms with van der Waals surface area (Å²) in [6, 6.07) is 0.275. The molecule has 0 N–H and O–H groups in total. The first-order valence-electron chi connectivity index (χ1n) is 7.75. The van der Waals surface area contributed by atoms with E-state index in [9.17, 15) is 4.79 Å². The average molecular weight is 289 g/mol. The number of nitrogens with zero attached hydrogens (tertiary/aromatic N) is 5. The van der Waals surface area contributed by atoms with Gasteiger partial charge in [0.25, 0.3) is 0 Å². The van der Waals surface area contributed by atoms with E-state index in [1.54, 1.807) is 0 Å². The molecule has 3 rings (SSSR count). The molecule has 2 heterocycles. The van der Waals surface area contributed by atoms with Crippen LogP contribution in [0.1, 0.15) is 37.9 Å². The number of Topliss-reactive ketones (excluding diaryl/α,β-unsaturated/α-hetero) is 1. The van der Waals surface area contributed by atoms with Gasteiger partial charge in [0.15, 0.2) is 0 Å². The zero-order valence-corrected chi connectivity index (χ0v) is 13.0. The van der Waals surface area contributed by atoms with E-state index in [-0.39, 0.29) is 12.0 Å². The molecule has 0 radical (unpaired) electrons. The number of aromatic nitrogens is 3. The van der Waals surface area contributed by atoms with Crippen molar-refractivity contribution in [2.45, 2.75) is 45.1 Å². The normalized spacial score (nSPS) is 25.7. The molecular weight excluding hydrogens is 266 g/mol. The van der Waals surface area contributed by atoms with Crippen molar-refractivity contribution in [2.75, 3.05) is 30.4 Å². The molecule has 21 heavy (non-hydrogen) atoms. The Morgan fingerprint density at radius 3 is 2.62 bits per heavy atom. The van der Waals surface area contributed by atoms with E-state index in [1.807, 2.05) is 25.9 Å². The lowest BCUT2D eigenvalue weighted by Crippen LogP contribution is -2.39. The maximum absolute atomic E-state index is 12.1. The van der Waals surface area contributed by atoms with Gasteiger partial charge in [-0.15, -0.1) is 0 Å². The molecule has 1 aromatic heterocycles. The Bertz CT molecular complexity index is 545. The zero-order chi connectivity index (χ0) is 15.0. The fourth-order valence-electron chi connectivity index (χ4n) is 3.49. The number of carbonyl (C=O) groups is 1. The summed E-state index contributed by atoms with van der Waals surface area (Å²) in [6.45, 7) is 2.83. The van der Waals surface area contributed by atoms with Crippen molar-refractivity contribution in [2.24, 2.45) is 5.92 Å². The van der Waals surface area contributed by atoms with Gasteiger partial charge in [0.1, 0.15) is 11.6 Å². The summed E-state index contributed by atoms with van der Waals surface area (Å²) in [6.07, 6.45) is 4.97. The highest BCUT2D eigenvalue weighted by Gasteiger charge is 2.39. The standard InChI is InChI=1S/C15H23N5O/c1-10-16-14(19(2)3)18-15(17-10)20-9-5-7-12(20)11-6-4-8-13(11)21/h11-12H,4-9H2,1-3H3. The first-order valence-corrected chi connectivity index (χ1v) is 7.75. The van der Waals surface area contributed by atoms with Gasteiger partial charge in [-0.3, -0.25) is 4.79 Å². The summed E-state index contributed by atoms with van der Waals surface area (Å²) in [5, 5.41) is 0. The quantitative estimate of drug-likeness (QED) is 0.842. The summed E-state index contributed by atoms with van der Waals surface area (Å²) in [5.41, 5.74) is 0. The molecule has 1 saturated heterocycles. The molecular formula is C15H23N5O. The molecule has 1 saturated carbocycles. The maximum Gasteiger partial charge on any atom is 0.230 e. The Morgan fingerprint density at radius 1 is 1.14 bits per heavy atom. The van der Waals surface area contributed by atoms with Crippen molar-refractivity contribution in [3.63, 3.8) is 0 Å². The van der Waals surface area contributed by atoms with Gasteiger partial charge in [0.2, 0.25) is 11.9 Å². The average Bonchev–Trinajstić information content (AvgIpc) is 3.05. The van der Waals surface area contributed by atoms with E-state index in [0.717, 1.165) is 50.4 Å². The summed E-state index contributed by atoms with van der Waals surface area (Å²) < 4.78 is 0. The number of aryl methyl sites for hydroxylation is 1. The molecule has 1 aliphatic carbocycles. The number of carbonyl (C=O) groups excluding carboxylic acids is 1. The van der Waals surface area contributed by atoms with Gasteiger partial charge in [0.05, 0.1) is 0 Å². The topological polar surface area (TPSA) is 62.2 Å². The van der Waals surface area contributed by atoms with E-state index in [0.29, 0.717) is 11.7 Å². The van der Waals surface area contributed by atoms with Crippen LogP contribution in [0.15, 0.2) is 0 Å². The van der Waals surface area contributed by atoms with E-state index in [1.165, 1.54) is 0 Å². The molecule has 1 aromatic rings. The van der Waals surface area contributed by atoms with Crippen LogP contribution >= 0.6 is 0 Å². The molecule has 0 bridgehead atoms. The van der Waals surface area contributed by atoms with Crippen LogP contribution < -0.4 is 9.80 Å². The second-order valence-corrected chi connectivity index (χ2v) is 6.25. The monoisotopic (exact) mass is 289 g/mol. The predicted molar refractivity (Wildman–Crippen MR) is 81.6 cm³/mol. The Morgan fingerprint density at radius 2 is 1.95 bits per heavy atom. The summed E-state index contributed by atoms with van der Waals surface area (Å²) in [5.74, 6) is 2.74. The number of anilines is 2. The van der Waals surface area contributed by atoms with E-state index in [2.05, 4.69) is 19.9 Å². The van der Waals surface area contributed by atoms with Crippen LogP contribution in [-0.4, -0.2) is 47.4 Å². The largest absolute Gasteiger partial charge is 0.347 e. The van der Waals surface area contributed by atoms with Gasteiger partial charge < -0.3 is 9.80 Å². The van der Waals surface area contributed by atoms with Crippen molar-refractivity contribution in [1.29, 1.82) is 0 Å². The molecule has 2 fully saturated rings. The first kappa shape index (κ1) is 14.2. The molecule has 0 amide bonds. The van der Waals surface area contributed by atoms with Crippen LogP contribution in [0.5, 0.6) is 0 Å². The summed E-state index contributed by atoms with van der Waals surface area (Å²) in [7, 11) is 3.86. The lowest BCUT2D eigenvalue weighted by Gasteiger charge is -2.29. The van der Waals surface area contributed by atoms with Crippen molar-refractivity contribution in [1.82, 2.24) is 15.0 Å². The highest BCUT2D eigenvalue weighted by Crippen LogP contribution is 2.35. The van der Waals surface area contributed by atoms with Crippen molar-refractivity contribution >= 4 is 17.7 Å². The third-order valence-electron chi connectivity index (χ3n) is 4.50. The van der Waals surface area contributed by atoms with Crippen molar-refractivity contribution in [3.8, 4) is 0 Å². The van der Waals surface area contributed by atoms with E-state index >= 15 is 0 Å². The Hall–Kier alpha value is -1.72. The molecule has 0 spiro atoms. The van der Waals surface area contributed by atoms with Gasteiger partial charge in [-0.05, 0) is 32.6 Å². The number of rotatable bonds is 3. The molecule has 1 aliphatic heterocycles. The molecule has 114 valence electrons. The predicted octanol–water partition coefficient (Wildman–Crippen LogP) is 1.58. The second kappa shape index (κ2) is 5.58. The number of hydrogen-bond acceptors (Lipinski definition) is 6. The lowest BCUT2D eigenvalue weighted by atomic mass is 9.95. The highest BCUT2D eigenvalue weighted by molar-refractivity contribution is 5.84. The molecule has 2 unspecified atom stereocenters. The number of hydrogen-bond donors (Lipinski definition) is 0. The summed E-state index contributed by atoms with van der Waals surface area (Å²) in [4.78, 5) is 29.7. The fraction of sp³-hybridized carbons (Fsp3) is 0.733. The smallest absolute Gasteiger partial charge is 0.230 e. The Labute approximate surface area is 125 Å².